The Hall–Kier alpha value is -2.20. The van der Waals surface area contributed by atoms with Crippen LogP contribution in [-0.4, -0.2) is 46.4 Å². The average Bonchev–Trinajstić information content (AvgIpc) is 3.58. The van der Waals surface area contributed by atoms with Gasteiger partial charge < -0.3 is 4.90 Å². The fourth-order valence-electron chi connectivity index (χ4n) is 5.16. The van der Waals surface area contributed by atoms with Gasteiger partial charge in [0.25, 0.3) is 0 Å². The van der Waals surface area contributed by atoms with Gasteiger partial charge in [-0.15, -0.1) is 0 Å². The molecule has 146 valence electrons. The fourth-order valence-corrected chi connectivity index (χ4v) is 5.16. The highest BCUT2D eigenvalue weighted by Gasteiger charge is 2.49. The molecule has 0 radical (unpaired) electrons. The molecule has 4 heteroatoms. The summed E-state index contributed by atoms with van der Waals surface area (Å²) in [6.45, 7) is 4.18. The zero-order valence-electron chi connectivity index (χ0n) is 16.5. The number of rotatable bonds is 4. The van der Waals surface area contributed by atoms with E-state index in [9.17, 15) is 4.79 Å². The molecule has 1 spiro atoms. The van der Waals surface area contributed by atoms with E-state index in [1.54, 1.807) is 0 Å². The first-order chi connectivity index (χ1) is 13.7. The molecule has 1 aromatic carbocycles. The molecule has 3 heterocycles. The Morgan fingerprint density at radius 2 is 1.82 bits per heavy atom. The molecule has 1 aliphatic carbocycles. The lowest BCUT2D eigenvalue weighted by molar-refractivity contribution is -0.142. The second-order valence-electron chi connectivity index (χ2n) is 9.00. The minimum atomic E-state index is 0.0421. The number of piperidine rings is 2. The lowest BCUT2D eigenvalue weighted by Crippen LogP contribution is -2.54. The molecular weight excluding hydrogens is 346 g/mol. The van der Waals surface area contributed by atoms with Crippen molar-refractivity contribution in [2.45, 2.75) is 50.6 Å². The van der Waals surface area contributed by atoms with Crippen molar-refractivity contribution in [2.75, 3.05) is 19.6 Å². The van der Waals surface area contributed by atoms with Gasteiger partial charge in [0.2, 0.25) is 5.91 Å². The van der Waals surface area contributed by atoms with Crippen molar-refractivity contribution < 1.29 is 4.79 Å². The largest absolute Gasteiger partial charge is 0.339 e. The van der Waals surface area contributed by atoms with E-state index in [1.165, 1.54) is 36.8 Å². The number of pyridine rings is 1. The van der Waals surface area contributed by atoms with Crippen LogP contribution in [0.3, 0.4) is 0 Å². The van der Waals surface area contributed by atoms with Crippen LogP contribution in [0.5, 0.6) is 0 Å². The third kappa shape index (κ3) is 3.58. The molecule has 28 heavy (non-hydrogen) atoms. The summed E-state index contributed by atoms with van der Waals surface area (Å²) in [5, 5.41) is 0. The molecule has 2 aliphatic heterocycles. The first-order valence-corrected chi connectivity index (χ1v) is 10.7. The average molecular weight is 376 g/mol. The molecule has 1 aromatic heterocycles. The summed E-state index contributed by atoms with van der Waals surface area (Å²) < 4.78 is 0. The molecule has 5 rings (SSSR count). The lowest BCUT2D eigenvalue weighted by atomic mass is 9.67. The van der Waals surface area contributed by atoms with Crippen LogP contribution in [0.2, 0.25) is 0 Å². The van der Waals surface area contributed by atoms with Crippen LogP contribution < -0.4 is 0 Å². The highest BCUT2D eigenvalue weighted by molar-refractivity contribution is 5.85. The SMILES string of the molecule is O=C1[C@@H](c2ccccc2)CC2(CCN(Cc3cccnc3)CC2)CN1C1CC1. The van der Waals surface area contributed by atoms with Crippen LogP contribution in [0.4, 0.5) is 0 Å². The van der Waals surface area contributed by atoms with Gasteiger partial charge in [-0.3, -0.25) is 14.7 Å². The van der Waals surface area contributed by atoms with E-state index >= 15 is 0 Å². The Bertz CT molecular complexity index is 810. The van der Waals surface area contributed by atoms with Crippen LogP contribution in [0.25, 0.3) is 0 Å². The number of carbonyl (C=O) groups is 1. The Balaban J connectivity index is 1.32. The number of likely N-dealkylation sites (tertiary alicyclic amines) is 2. The van der Waals surface area contributed by atoms with Crippen molar-refractivity contribution in [3.8, 4) is 0 Å². The molecule has 2 aromatic rings. The van der Waals surface area contributed by atoms with E-state index in [4.69, 9.17) is 0 Å². The van der Waals surface area contributed by atoms with Gasteiger partial charge in [0.05, 0.1) is 5.92 Å². The van der Waals surface area contributed by atoms with E-state index < -0.39 is 0 Å². The summed E-state index contributed by atoms with van der Waals surface area (Å²) in [4.78, 5) is 22.3. The van der Waals surface area contributed by atoms with Crippen LogP contribution in [-0.2, 0) is 11.3 Å². The van der Waals surface area contributed by atoms with Crippen molar-refractivity contribution in [1.82, 2.24) is 14.8 Å². The molecule has 3 fully saturated rings. The third-order valence-electron chi connectivity index (χ3n) is 6.96. The number of hydrogen-bond donors (Lipinski definition) is 0. The highest BCUT2D eigenvalue weighted by Crippen LogP contribution is 2.48. The summed E-state index contributed by atoms with van der Waals surface area (Å²) in [7, 11) is 0. The molecule has 0 unspecified atom stereocenters. The molecular formula is C24H29N3O. The Labute approximate surface area is 167 Å². The predicted octanol–water partition coefficient (Wildman–Crippen LogP) is 3.84. The normalized spacial score (nSPS) is 25.2. The Morgan fingerprint density at radius 1 is 1.04 bits per heavy atom. The van der Waals surface area contributed by atoms with Gasteiger partial charge in [-0.2, -0.15) is 0 Å². The van der Waals surface area contributed by atoms with Crippen molar-refractivity contribution in [2.24, 2.45) is 5.41 Å². The van der Waals surface area contributed by atoms with Gasteiger partial charge in [-0.25, -0.2) is 0 Å². The topological polar surface area (TPSA) is 36.4 Å². The van der Waals surface area contributed by atoms with E-state index in [0.29, 0.717) is 11.9 Å². The van der Waals surface area contributed by atoms with Gasteiger partial charge in [0.1, 0.15) is 0 Å². The summed E-state index contributed by atoms with van der Waals surface area (Å²) in [5.41, 5.74) is 2.77. The van der Waals surface area contributed by atoms with E-state index in [0.717, 1.165) is 32.6 Å². The molecule has 1 amide bonds. The van der Waals surface area contributed by atoms with Crippen LogP contribution >= 0.6 is 0 Å². The monoisotopic (exact) mass is 375 g/mol. The molecule has 4 nitrogen and oxygen atoms in total. The summed E-state index contributed by atoms with van der Waals surface area (Å²) >= 11 is 0. The van der Waals surface area contributed by atoms with Gasteiger partial charge in [-0.05, 0) is 67.8 Å². The van der Waals surface area contributed by atoms with Crippen molar-refractivity contribution in [3.63, 3.8) is 0 Å². The minimum Gasteiger partial charge on any atom is -0.339 e. The zero-order chi connectivity index (χ0) is 19.0. The number of amides is 1. The van der Waals surface area contributed by atoms with Crippen molar-refractivity contribution in [1.29, 1.82) is 0 Å². The fraction of sp³-hybridized carbons (Fsp3) is 0.500. The Morgan fingerprint density at radius 3 is 2.50 bits per heavy atom. The summed E-state index contributed by atoms with van der Waals surface area (Å²) in [6.07, 6.45) is 9.58. The van der Waals surface area contributed by atoms with Gasteiger partial charge in [-0.1, -0.05) is 36.4 Å². The van der Waals surface area contributed by atoms with E-state index in [1.807, 2.05) is 24.5 Å². The zero-order valence-corrected chi connectivity index (χ0v) is 16.5. The number of aromatic nitrogens is 1. The number of carbonyl (C=O) groups excluding carboxylic acids is 1. The first kappa shape index (κ1) is 17.9. The lowest BCUT2D eigenvalue weighted by Gasteiger charge is -2.50. The van der Waals surface area contributed by atoms with Crippen LogP contribution in [0.15, 0.2) is 54.9 Å². The second kappa shape index (κ2) is 7.32. The van der Waals surface area contributed by atoms with Gasteiger partial charge >= 0.3 is 0 Å². The quantitative estimate of drug-likeness (QED) is 0.815. The molecule has 0 N–H and O–H groups in total. The number of benzene rings is 1. The third-order valence-corrected chi connectivity index (χ3v) is 6.96. The summed E-state index contributed by atoms with van der Waals surface area (Å²) in [6, 6.07) is 15.2. The molecule has 1 saturated carbocycles. The van der Waals surface area contributed by atoms with E-state index in [2.05, 4.69) is 45.1 Å². The smallest absolute Gasteiger partial charge is 0.230 e. The van der Waals surface area contributed by atoms with Gasteiger partial charge in [0.15, 0.2) is 0 Å². The second-order valence-corrected chi connectivity index (χ2v) is 9.00. The van der Waals surface area contributed by atoms with Gasteiger partial charge in [0, 0.05) is 31.5 Å². The number of hydrogen-bond acceptors (Lipinski definition) is 3. The van der Waals surface area contributed by atoms with Crippen molar-refractivity contribution >= 4 is 5.91 Å². The van der Waals surface area contributed by atoms with Crippen LogP contribution in [0.1, 0.15) is 49.1 Å². The molecule has 1 atom stereocenters. The van der Waals surface area contributed by atoms with Crippen molar-refractivity contribution in [3.05, 3.63) is 66.0 Å². The molecule has 3 aliphatic rings. The minimum absolute atomic E-state index is 0.0421. The molecule has 2 saturated heterocycles. The van der Waals surface area contributed by atoms with E-state index in [-0.39, 0.29) is 11.3 Å². The van der Waals surface area contributed by atoms with Crippen LogP contribution in [0, 0.1) is 5.41 Å². The molecule has 0 bridgehead atoms. The first-order valence-electron chi connectivity index (χ1n) is 10.7. The maximum absolute atomic E-state index is 13.2. The number of nitrogens with zero attached hydrogens (tertiary/aromatic N) is 3. The Kier molecular flexibility index (Phi) is 4.67. The standard InChI is InChI=1S/C24H29N3O/c28-23-22(20-6-2-1-3-7-20)15-24(18-27(23)21-8-9-21)10-13-26(14-11-24)17-19-5-4-12-25-16-19/h1-7,12,16,21-22H,8-11,13-15,17-18H2/t22-/m1/s1. The maximum Gasteiger partial charge on any atom is 0.230 e. The predicted molar refractivity (Wildman–Crippen MR) is 110 cm³/mol. The maximum atomic E-state index is 13.2. The summed E-state index contributed by atoms with van der Waals surface area (Å²) in [5.74, 6) is 0.414. The highest BCUT2D eigenvalue weighted by atomic mass is 16.2.